The molecule has 1 heterocycles. The standard InChI is InChI=1S/C14H16ClNOS.C4H10/c1-3-5-13(11(2)15)14(10-17)16-8-7-12-6-4-9-18-12;1-4(2)3/h3-6,9-10,14,16H,1-2,7-8H2;4H,1-3H3/b13-5+;. The fraction of sp³-hybridized carbons (Fsp3) is 0.389. The lowest BCUT2D eigenvalue weighted by atomic mass is 10.1. The third-order valence-electron chi connectivity index (χ3n) is 2.40. The van der Waals surface area contributed by atoms with Gasteiger partial charge in [0.1, 0.15) is 6.29 Å². The summed E-state index contributed by atoms with van der Waals surface area (Å²) in [5.74, 6) is 0.833. The average Bonchev–Trinajstić information content (AvgIpc) is 2.94. The second-order valence-electron chi connectivity index (χ2n) is 5.39. The highest BCUT2D eigenvalue weighted by molar-refractivity contribution is 7.09. The summed E-state index contributed by atoms with van der Waals surface area (Å²) in [6, 6.07) is 3.65. The number of hydrogen-bond acceptors (Lipinski definition) is 3. The molecule has 1 unspecified atom stereocenters. The Bertz CT molecular complexity index is 475. The summed E-state index contributed by atoms with van der Waals surface area (Å²) in [5.41, 5.74) is 0.660. The van der Waals surface area contributed by atoms with E-state index in [1.54, 1.807) is 23.5 Å². The highest BCUT2D eigenvalue weighted by atomic mass is 35.5. The molecular weight excluding hydrogens is 314 g/mol. The topological polar surface area (TPSA) is 29.1 Å². The molecule has 1 aromatic rings. The summed E-state index contributed by atoms with van der Waals surface area (Å²) in [5, 5.41) is 5.55. The van der Waals surface area contributed by atoms with E-state index >= 15 is 0 Å². The summed E-state index contributed by atoms with van der Waals surface area (Å²) >= 11 is 7.57. The number of carbonyl (C=O) groups is 1. The van der Waals surface area contributed by atoms with Gasteiger partial charge in [-0.1, -0.05) is 63.7 Å². The van der Waals surface area contributed by atoms with Crippen LogP contribution in [0.2, 0.25) is 0 Å². The summed E-state index contributed by atoms with van der Waals surface area (Å²) in [6.45, 7) is 14.5. The zero-order chi connectivity index (χ0) is 17.0. The van der Waals surface area contributed by atoms with Crippen molar-refractivity contribution in [3.8, 4) is 0 Å². The van der Waals surface area contributed by atoms with Crippen LogP contribution in [0.15, 0.2) is 53.4 Å². The van der Waals surface area contributed by atoms with E-state index in [2.05, 4.69) is 45.3 Å². The Hall–Kier alpha value is -1.16. The number of rotatable bonds is 8. The van der Waals surface area contributed by atoms with Gasteiger partial charge in [-0.3, -0.25) is 0 Å². The normalized spacial score (nSPS) is 12.3. The van der Waals surface area contributed by atoms with Crippen molar-refractivity contribution < 1.29 is 4.79 Å². The van der Waals surface area contributed by atoms with Crippen LogP contribution in [0.25, 0.3) is 0 Å². The molecule has 0 aliphatic heterocycles. The number of halogens is 1. The van der Waals surface area contributed by atoms with Crippen LogP contribution in [-0.2, 0) is 11.2 Å². The van der Waals surface area contributed by atoms with Crippen molar-refractivity contribution in [2.75, 3.05) is 6.54 Å². The molecule has 0 bridgehead atoms. The van der Waals surface area contributed by atoms with Crippen molar-refractivity contribution in [2.45, 2.75) is 33.2 Å². The number of thiophene rings is 1. The third kappa shape index (κ3) is 9.72. The molecule has 0 saturated carbocycles. The van der Waals surface area contributed by atoms with Gasteiger partial charge in [0.15, 0.2) is 0 Å². The van der Waals surface area contributed by atoms with Gasteiger partial charge in [-0.2, -0.15) is 0 Å². The van der Waals surface area contributed by atoms with Gasteiger partial charge < -0.3 is 10.1 Å². The first-order chi connectivity index (χ1) is 10.4. The molecule has 4 heteroatoms. The van der Waals surface area contributed by atoms with E-state index in [0.29, 0.717) is 17.2 Å². The van der Waals surface area contributed by atoms with Crippen molar-refractivity contribution in [1.82, 2.24) is 5.32 Å². The molecule has 1 N–H and O–H groups in total. The van der Waals surface area contributed by atoms with Gasteiger partial charge in [0.05, 0.1) is 6.04 Å². The van der Waals surface area contributed by atoms with Crippen LogP contribution in [0, 0.1) is 5.92 Å². The Labute approximate surface area is 143 Å². The Morgan fingerprint density at radius 2 is 2.09 bits per heavy atom. The lowest BCUT2D eigenvalue weighted by molar-refractivity contribution is -0.108. The first-order valence-corrected chi connectivity index (χ1v) is 8.56. The highest BCUT2D eigenvalue weighted by Gasteiger charge is 2.13. The van der Waals surface area contributed by atoms with Gasteiger partial charge in [0.2, 0.25) is 0 Å². The quantitative estimate of drug-likeness (QED) is 0.535. The summed E-state index contributed by atoms with van der Waals surface area (Å²) < 4.78 is 0. The van der Waals surface area contributed by atoms with E-state index in [4.69, 9.17) is 11.6 Å². The van der Waals surface area contributed by atoms with Crippen LogP contribution < -0.4 is 5.32 Å². The Kier molecular flexibility index (Phi) is 11.7. The molecule has 0 saturated heterocycles. The predicted octanol–water partition coefficient (Wildman–Crippen LogP) is 4.97. The molecule has 1 rings (SSSR count). The largest absolute Gasteiger partial charge is 0.304 e. The van der Waals surface area contributed by atoms with Crippen molar-refractivity contribution in [2.24, 2.45) is 5.92 Å². The SMILES string of the molecule is C=C/C=C(\C(=C)Cl)C(C=O)NCCc1cccs1.CC(C)C. The maximum atomic E-state index is 11.1. The molecule has 0 radical (unpaired) electrons. The number of aldehydes is 1. The Morgan fingerprint density at radius 1 is 1.45 bits per heavy atom. The molecular formula is C18H26ClNOS. The number of allylic oxidation sites excluding steroid dienone is 2. The molecule has 0 amide bonds. The fourth-order valence-corrected chi connectivity index (χ4v) is 2.42. The van der Waals surface area contributed by atoms with Crippen LogP contribution in [0.1, 0.15) is 25.6 Å². The predicted molar refractivity (Wildman–Crippen MR) is 99.7 cm³/mol. The Balaban J connectivity index is 0.000000980. The van der Waals surface area contributed by atoms with E-state index in [0.717, 1.165) is 18.6 Å². The average molecular weight is 340 g/mol. The molecule has 0 aliphatic rings. The van der Waals surface area contributed by atoms with Gasteiger partial charge in [-0.15, -0.1) is 11.3 Å². The molecule has 0 fully saturated rings. The molecule has 0 aliphatic carbocycles. The number of carbonyl (C=O) groups excluding carboxylic acids is 1. The van der Waals surface area contributed by atoms with E-state index in [9.17, 15) is 4.79 Å². The first kappa shape index (κ1) is 20.8. The van der Waals surface area contributed by atoms with Crippen LogP contribution >= 0.6 is 22.9 Å². The lowest BCUT2D eigenvalue weighted by Crippen LogP contribution is -2.34. The second-order valence-corrected chi connectivity index (χ2v) is 6.88. The van der Waals surface area contributed by atoms with Crippen molar-refractivity contribution >= 4 is 29.2 Å². The van der Waals surface area contributed by atoms with Gasteiger partial charge >= 0.3 is 0 Å². The van der Waals surface area contributed by atoms with E-state index < -0.39 is 6.04 Å². The summed E-state index contributed by atoms with van der Waals surface area (Å²) in [4.78, 5) is 12.4. The van der Waals surface area contributed by atoms with E-state index in [1.807, 2.05) is 11.4 Å². The van der Waals surface area contributed by atoms with Gasteiger partial charge in [0.25, 0.3) is 0 Å². The first-order valence-electron chi connectivity index (χ1n) is 7.30. The maximum Gasteiger partial charge on any atom is 0.141 e. The van der Waals surface area contributed by atoms with Crippen LogP contribution in [0.3, 0.4) is 0 Å². The summed E-state index contributed by atoms with van der Waals surface area (Å²) in [7, 11) is 0. The van der Waals surface area contributed by atoms with Crippen LogP contribution in [0.4, 0.5) is 0 Å². The van der Waals surface area contributed by atoms with Crippen molar-refractivity contribution in [1.29, 1.82) is 0 Å². The molecule has 122 valence electrons. The molecule has 2 nitrogen and oxygen atoms in total. The number of nitrogens with one attached hydrogen (secondary N) is 1. The van der Waals surface area contributed by atoms with Crippen molar-refractivity contribution in [3.63, 3.8) is 0 Å². The van der Waals surface area contributed by atoms with Crippen LogP contribution in [0.5, 0.6) is 0 Å². The molecule has 0 spiro atoms. The van der Waals surface area contributed by atoms with Crippen LogP contribution in [-0.4, -0.2) is 18.9 Å². The van der Waals surface area contributed by atoms with Crippen molar-refractivity contribution in [3.05, 3.63) is 58.3 Å². The van der Waals surface area contributed by atoms with E-state index in [1.165, 1.54) is 4.88 Å². The minimum Gasteiger partial charge on any atom is -0.304 e. The highest BCUT2D eigenvalue weighted by Crippen LogP contribution is 2.16. The molecule has 1 aromatic heterocycles. The smallest absolute Gasteiger partial charge is 0.141 e. The van der Waals surface area contributed by atoms with E-state index in [-0.39, 0.29) is 0 Å². The zero-order valence-electron chi connectivity index (χ0n) is 13.6. The van der Waals surface area contributed by atoms with Gasteiger partial charge in [-0.05, 0) is 29.4 Å². The Morgan fingerprint density at radius 3 is 2.50 bits per heavy atom. The molecule has 22 heavy (non-hydrogen) atoms. The monoisotopic (exact) mass is 339 g/mol. The van der Waals surface area contributed by atoms with Gasteiger partial charge in [-0.25, -0.2) is 0 Å². The lowest BCUT2D eigenvalue weighted by Gasteiger charge is -2.15. The molecule has 0 aromatic carbocycles. The zero-order valence-corrected chi connectivity index (χ0v) is 15.2. The minimum atomic E-state index is -0.437. The third-order valence-corrected chi connectivity index (χ3v) is 3.55. The minimum absolute atomic E-state index is 0.357. The van der Waals surface area contributed by atoms with Gasteiger partial charge in [0, 0.05) is 16.5 Å². The second kappa shape index (κ2) is 12.4. The number of hydrogen-bond donors (Lipinski definition) is 1. The maximum absolute atomic E-state index is 11.1. The molecule has 1 atom stereocenters. The summed E-state index contributed by atoms with van der Waals surface area (Å²) in [6.07, 6.45) is 5.02. The fourth-order valence-electron chi connectivity index (χ4n) is 1.53.